The fourth-order valence-electron chi connectivity index (χ4n) is 3.62. The van der Waals surface area contributed by atoms with Gasteiger partial charge in [-0.1, -0.05) is 43.7 Å². The molecule has 0 saturated heterocycles. The molecule has 26 heavy (non-hydrogen) atoms. The molecule has 3 rings (SSSR count). The molecule has 0 spiro atoms. The Morgan fingerprint density at radius 3 is 2.62 bits per heavy atom. The highest BCUT2D eigenvalue weighted by molar-refractivity contribution is 6.12. The van der Waals surface area contributed by atoms with Gasteiger partial charge >= 0.3 is 5.97 Å². The summed E-state index contributed by atoms with van der Waals surface area (Å²) in [5.41, 5.74) is 4.54. The van der Waals surface area contributed by atoms with Crippen LogP contribution in [0.3, 0.4) is 0 Å². The lowest BCUT2D eigenvalue weighted by molar-refractivity contribution is 0.0525. The van der Waals surface area contributed by atoms with E-state index in [9.17, 15) is 9.59 Å². The van der Waals surface area contributed by atoms with Crippen molar-refractivity contribution in [2.24, 2.45) is 5.41 Å². The van der Waals surface area contributed by atoms with Gasteiger partial charge in [0.15, 0.2) is 5.78 Å². The number of ether oxygens (including phenoxy) is 1. The summed E-state index contributed by atoms with van der Waals surface area (Å²) in [6, 6.07) is 7.90. The number of pyridine rings is 1. The van der Waals surface area contributed by atoms with Crippen LogP contribution in [0.4, 0.5) is 0 Å². The average molecular weight is 351 g/mol. The molecule has 1 aliphatic carbocycles. The zero-order valence-corrected chi connectivity index (χ0v) is 16.1. The third kappa shape index (κ3) is 3.05. The fourth-order valence-corrected chi connectivity index (χ4v) is 3.62. The Morgan fingerprint density at radius 2 is 1.96 bits per heavy atom. The highest BCUT2D eigenvalue weighted by Crippen LogP contribution is 2.41. The number of hydrogen-bond acceptors (Lipinski definition) is 4. The summed E-state index contributed by atoms with van der Waals surface area (Å²) in [5.74, 6) is -0.374. The number of Topliss-reactive ketones (excluding diaryl/α,β-unsaturated/α-hetero) is 1. The topological polar surface area (TPSA) is 56.3 Å². The monoisotopic (exact) mass is 351 g/mol. The van der Waals surface area contributed by atoms with E-state index >= 15 is 0 Å². The maximum absolute atomic E-state index is 13.3. The van der Waals surface area contributed by atoms with Crippen molar-refractivity contribution in [1.29, 1.82) is 0 Å². The van der Waals surface area contributed by atoms with Crippen molar-refractivity contribution >= 4 is 11.8 Å². The number of esters is 1. The maximum Gasteiger partial charge on any atom is 0.340 e. The van der Waals surface area contributed by atoms with Crippen molar-refractivity contribution in [2.75, 3.05) is 6.61 Å². The number of aromatic nitrogens is 1. The van der Waals surface area contributed by atoms with Gasteiger partial charge in [-0.2, -0.15) is 0 Å². The molecule has 0 N–H and O–H groups in total. The van der Waals surface area contributed by atoms with E-state index < -0.39 is 11.4 Å². The third-order valence-corrected chi connectivity index (χ3v) is 5.07. The maximum atomic E-state index is 13.3. The zero-order valence-electron chi connectivity index (χ0n) is 16.1. The van der Waals surface area contributed by atoms with Crippen LogP contribution < -0.4 is 0 Å². The quantitative estimate of drug-likeness (QED) is 0.752. The van der Waals surface area contributed by atoms with Crippen LogP contribution in [-0.2, 0) is 11.2 Å². The lowest BCUT2D eigenvalue weighted by Gasteiger charge is -2.31. The van der Waals surface area contributed by atoms with Crippen molar-refractivity contribution in [3.05, 3.63) is 52.3 Å². The minimum Gasteiger partial charge on any atom is -0.462 e. The summed E-state index contributed by atoms with van der Waals surface area (Å²) in [4.78, 5) is 30.6. The first-order valence-electron chi connectivity index (χ1n) is 9.08. The van der Waals surface area contributed by atoms with Crippen molar-refractivity contribution in [3.63, 3.8) is 0 Å². The molecule has 0 amide bonds. The molecule has 0 unspecified atom stereocenters. The molecule has 1 aliphatic rings. The van der Waals surface area contributed by atoms with Gasteiger partial charge in [0, 0.05) is 16.5 Å². The molecule has 0 fully saturated rings. The number of fused-ring (bicyclic) bond motifs is 1. The predicted molar refractivity (Wildman–Crippen MR) is 102 cm³/mol. The molecule has 0 radical (unpaired) electrons. The van der Waals surface area contributed by atoms with E-state index in [-0.39, 0.29) is 12.4 Å². The smallest absolute Gasteiger partial charge is 0.340 e. The van der Waals surface area contributed by atoms with Crippen LogP contribution in [0, 0.1) is 19.3 Å². The normalized spacial score (nSPS) is 15.5. The molecule has 1 heterocycles. The second-order valence-electron chi connectivity index (χ2n) is 7.57. The van der Waals surface area contributed by atoms with E-state index in [1.54, 1.807) is 6.92 Å². The average Bonchev–Trinajstić information content (AvgIpc) is 2.57. The molecule has 2 aromatic rings. The van der Waals surface area contributed by atoms with Gasteiger partial charge in [-0.3, -0.25) is 9.78 Å². The number of aryl methyl sites for hydroxylation is 3. The van der Waals surface area contributed by atoms with Gasteiger partial charge in [-0.15, -0.1) is 0 Å². The first kappa shape index (κ1) is 18.3. The first-order chi connectivity index (χ1) is 12.3. The molecular weight excluding hydrogens is 326 g/mol. The van der Waals surface area contributed by atoms with Gasteiger partial charge in [0.1, 0.15) is 0 Å². The summed E-state index contributed by atoms with van der Waals surface area (Å²) < 4.78 is 5.29. The Labute approximate surface area is 154 Å². The molecular formula is C22H25NO3. The fraction of sp³-hybridized carbons (Fsp3) is 0.409. The summed E-state index contributed by atoms with van der Waals surface area (Å²) >= 11 is 0. The molecule has 0 aliphatic heterocycles. The third-order valence-electron chi connectivity index (χ3n) is 5.07. The summed E-state index contributed by atoms with van der Waals surface area (Å²) in [5, 5.41) is 0. The molecule has 1 aromatic heterocycles. The van der Waals surface area contributed by atoms with Gasteiger partial charge in [0.2, 0.25) is 0 Å². The Balaban J connectivity index is 2.38. The Morgan fingerprint density at radius 1 is 1.23 bits per heavy atom. The van der Waals surface area contributed by atoms with Crippen LogP contribution in [0.2, 0.25) is 0 Å². The van der Waals surface area contributed by atoms with E-state index in [0.717, 1.165) is 29.7 Å². The minimum atomic E-state index is -0.464. The van der Waals surface area contributed by atoms with Gasteiger partial charge in [-0.05, 0) is 39.2 Å². The summed E-state index contributed by atoms with van der Waals surface area (Å²) in [6.07, 6.45) is 1.49. The van der Waals surface area contributed by atoms with E-state index in [4.69, 9.17) is 4.74 Å². The van der Waals surface area contributed by atoms with Crippen LogP contribution in [0.5, 0.6) is 0 Å². The van der Waals surface area contributed by atoms with Crippen LogP contribution in [0.25, 0.3) is 11.1 Å². The van der Waals surface area contributed by atoms with Crippen molar-refractivity contribution in [2.45, 2.75) is 47.5 Å². The Hall–Kier alpha value is -2.49. The molecule has 4 heteroatoms. The van der Waals surface area contributed by atoms with E-state index in [0.29, 0.717) is 22.4 Å². The standard InChI is InChI=1S/C22H25NO3/c1-6-26-21(25)17-14(3)23-16-10-11-22(4,5)20(24)19(16)18(17)15-9-7-8-13(2)12-15/h7-9,12H,6,10-11H2,1-5H3. The van der Waals surface area contributed by atoms with Crippen molar-refractivity contribution in [3.8, 4) is 11.1 Å². The van der Waals surface area contributed by atoms with Crippen LogP contribution >= 0.6 is 0 Å². The second kappa shape index (κ2) is 6.67. The summed E-state index contributed by atoms with van der Waals surface area (Å²) in [6.45, 7) is 9.79. The number of benzene rings is 1. The highest BCUT2D eigenvalue weighted by Gasteiger charge is 2.39. The second-order valence-corrected chi connectivity index (χ2v) is 7.57. The van der Waals surface area contributed by atoms with Gasteiger partial charge in [0.05, 0.1) is 23.6 Å². The number of ketones is 1. The molecule has 0 saturated carbocycles. The van der Waals surface area contributed by atoms with E-state index in [1.807, 2.05) is 52.0 Å². The largest absolute Gasteiger partial charge is 0.462 e. The van der Waals surface area contributed by atoms with E-state index in [2.05, 4.69) is 4.98 Å². The number of rotatable bonds is 3. The highest BCUT2D eigenvalue weighted by atomic mass is 16.5. The van der Waals surface area contributed by atoms with Gasteiger partial charge in [-0.25, -0.2) is 4.79 Å². The van der Waals surface area contributed by atoms with Crippen LogP contribution in [-0.4, -0.2) is 23.3 Å². The number of carbonyl (C=O) groups is 2. The minimum absolute atomic E-state index is 0.0494. The first-order valence-corrected chi connectivity index (χ1v) is 9.08. The molecule has 136 valence electrons. The van der Waals surface area contributed by atoms with Gasteiger partial charge in [0.25, 0.3) is 0 Å². The number of carbonyl (C=O) groups excluding carboxylic acids is 2. The van der Waals surface area contributed by atoms with Crippen molar-refractivity contribution < 1.29 is 14.3 Å². The number of nitrogens with zero attached hydrogens (tertiary/aromatic N) is 1. The zero-order chi connectivity index (χ0) is 19.1. The van der Waals surface area contributed by atoms with E-state index in [1.165, 1.54) is 0 Å². The lowest BCUT2D eigenvalue weighted by atomic mass is 9.72. The molecule has 0 atom stereocenters. The van der Waals surface area contributed by atoms with Gasteiger partial charge < -0.3 is 4.74 Å². The number of hydrogen-bond donors (Lipinski definition) is 0. The SMILES string of the molecule is CCOC(=O)c1c(C)nc2c(c1-c1cccc(C)c1)C(=O)C(C)(C)CC2. The Kier molecular flexibility index (Phi) is 4.70. The van der Waals surface area contributed by atoms with Crippen molar-refractivity contribution in [1.82, 2.24) is 4.98 Å². The summed E-state index contributed by atoms with van der Waals surface area (Å²) in [7, 11) is 0. The lowest BCUT2D eigenvalue weighted by Crippen LogP contribution is -2.32. The predicted octanol–water partition coefficient (Wildman–Crippen LogP) is 4.70. The molecule has 0 bridgehead atoms. The molecule has 4 nitrogen and oxygen atoms in total. The van der Waals surface area contributed by atoms with Crippen LogP contribution in [0.1, 0.15) is 64.9 Å². The molecule has 1 aromatic carbocycles. The Bertz CT molecular complexity index is 897. The van der Waals surface area contributed by atoms with Crippen LogP contribution in [0.15, 0.2) is 24.3 Å².